The second-order valence-corrected chi connectivity index (χ2v) is 6.08. The van der Waals surface area contributed by atoms with E-state index >= 15 is 0 Å². The molecule has 0 aliphatic carbocycles. The molecule has 3 rings (SSSR count). The first-order valence-corrected chi connectivity index (χ1v) is 8.78. The molecule has 7 nitrogen and oxygen atoms in total. The fraction of sp³-hybridized carbons (Fsp3) is 0.250. The molecule has 0 saturated carbocycles. The van der Waals surface area contributed by atoms with Crippen molar-refractivity contribution in [3.8, 4) is 17.2 Å². The maximum absolute atomic E-state index is 13.4. The van der Waals surface area contributed by atoms with Crippen molar-refractivity contribution >= 4 is 5.91 Å². The molecular weight excluding hydrogens is 363 g/mol. The Kier molecular flexibility index (Phi) is 5.88. The van der Waals surface area contributed by atoms with Crippen molar-refractivity contribution in [1.82, 2.24) is 20.3 Å². The molecule has 0 aliphatic rings. The fourth-order valence-electron chi connectivity index (χ4n) is 2.64. The lowest BCUT2D eigenvalue weighted by Crippen LogP contribution is -2.23. The van der Waals surface area contributed by atoms with Gasteiger partial charge >= 0.3 is 0 Å². The van der Waals surface area contributed by atoms with E-state index in [0.717, 1.165) is 5.56 Å². The molecule has 0 unspecified atom stereocenters. The normalized spacial score (nSPS) is 10.6. The highest BCUT2D eigenvalue weighted by Gasteiger charge is 2.13. The number of halogens is 1. The molecule has 28 heavy (non-hydrogen) atoms. The second kappa shape index (κ2) is 8.51. The summed E-state index contributed by atoms with van der Waals surface area (Å²) in [4.78, 5) is 12.4. The van der Waals surface area contributed by atoms with Gasteiger partial charge in [0.15, 0.2) is 17.2 Å². The van der Waals surface area contributed by atoms with Gasteiger partial charge in [-0.1, -0.05) is 11.3 Å². The summed E-state index contributed by atoms with van der Waals surface area (Å²) in [5.41, 5.74) is 2.14. The lowest BCUT2D eigenvalue weighted by atomic mass is 10.2. The quantitative estimate of drug-likeness (QED) is 0.677. The van der Waals surface area contributed by atoms with Gasteiger partial charge in [-0.05, 0) is 55.3 Å². The van der Waals surface area contributed by atoms with E-state index in [-0.39, 0.29) is 17.4 Å². The number of amides is 1. The van der Waals surface area contributed by atoms with Crippen molar-refractivity contribution < 1.29 is 18.7 Å². The van der Waals surface area contributed by atoms with Crippen LogP contribution in [0.3, 0.4) is 0 Å². The molecule has 0 spiro atoms. The Bertz CT molecular complexity index is 987. The zero-order chi connectivity index (χ0) is 20.1. The number of carbonyl (C=O) groups excluding carboxylic acids is 1. The summed E-state index contributed by atoms with van der Waals surface area (Å²) in [6.07, 6.45) is 1.50. The van der Waals surface area contributed by atoms with Crippen LogP contribution in [0, 0.1) is 12.7 Å². The van der Waals surface area contributed by atoms with Crippen molar-refractivity contribution in [3.63, 3.8) is 0 Å². The van der Waals surface area contributed by atoms with Crippen LogP contribution in [0.15, 0.2) is 42.6 Å². The highest BCUT2D eigenvalue weighted by atomic mass is 19.1. The van der Waals surface area contributed by atoms with Crippen LogP contribution in [-0.2, 0) is 6.54 Å². The zero-order valence-corrected chi connectivity index (χ0v) is 15.9. The van der Waals surface area contributed by atoms with E-state index in [9.17, 15) is 9.18 Å². The molecule has 0 saturated heterocycles. The lowest BCUT2D eigenvalue weighted by molar-refractivity contribution is 0.0945. The van der Waals surface area contributed by atoms with Crippen LogP contribution in [0.2, 0.25) is 0 Å². The highest BCUT2D eigenvalue weighted by Crippen LogP contribution is 2.28. The molecule has 0 bridgehead atoms. The van der Waals surface area contributed by atoms with Crippen LogP contribution >= 0.6 is 0 Å². The number of nitrogens with zero attached hydrogens (tertiary/aromatic N) is 3. The van der Waals surface area contributed by atoms with Gasteiger partial charge < -0.3 is 14.8 Å². The van der Waals surface area contributed by atoms with E-state index in [1.54, 1.807) is 32.2 Å². The molecule has 0 fully saturated rings. The third kappa shape index (κ3) is 4.28. The molecule has 3 aromatic rings. The topological polar surface area (TPSA) is 78.3 Å². The number of hydrogen-bond acceptors (Lipinski definition) is 5. The number of ether oxygens (including phenoxy) is 2. The van der Waals surface area contributed by atoms with Crippen LogP contribution in [0.25, 0.3) is 5.69 Å². The molecule has 0 radical (unpaired) electrons. The number of aryl methyl sites for hydroxylation is 1. The Hall–Kier alpha value is -3.42. The molecule has 1 aromatic heterocycles. The Labute approximate surface area is 162 Å². The predicted octanol–water partition coefficient (Wildman–Crippen LogP) is 3.05. The molecular formula is C20H21FN4O3. The predicted molar refractivity (Wildman–Crippen MR) is 101 cm³/mol. The number of aromatic nitrogens is 3. The summed E-state index contributed by atoms with van der Waals surface area (Å²) in [5.74, 6) is 0.593. The van der Waals surface area contributed by atoms with E-state index in [2.05, 4.69) is 15.6 Å². The first-order valence-electron chi connectivity index (χ1n) is 8.78. The van der Waals surface area contributed by atoms with Gasteiger partial charge in [0.2, 0.25) is 0 Å². The molecule has 0 atom stereocenters. The highest BCUT2D eigenvalue weighted by molar-refractivity contribution is 5.91. The minimum atomic E-state index is -0.362. The molecule has 0 aliphatic heterocycles. The minimum Gasteiger partial charge on any atom is -0.493 e. The van der Waals surface area contributed by atoms with E-state index in [0.29, 0.717) is 35.9 Å². The minimum absolute atomic E-state index is 0.167. The van der Waals surface area contributed by atoms with Gasteiger partial charge in [0.25, 0.3) is 5.91 Å². The summed E-state index contributed by atoms with van der Waals surface area (Å²) in [6, 6.07) is 10.0. The van der Waals surface area contributed by atoms with Gasteiger partial charge in [-0.25, -0.2) is 9.07 Å². The molecule has 1 heterocycles. The average Bonchev–Trinajstić information content (AvgIpc) is 3.19. The maximum atomic E-state index is 13.4. The first kappa shape index (κ1) is 19.3. The number of nitrogens with one attached hydrogen (secondary N) is 1. The van der Waals surface area contributed by atoms with Gasteiger partial charge in [-0.2, -0.15) is 0 Å². The first-order chi connectivity index (χ1) is 13.5. The third-order valence-corrected chi connectivity index (χ3v) is 4.11. The molecule has 1 N–H and O–H groups in total. The van der Waals surface area contributed by atoms with E-state index in [1.165, 1.54) is 16.9 Å². The van der Waals surface area contributed by atoms with Gasteiger partial charge in [0, 0.05) is 6.54 Å². The van der Waals surface area contributed by atoms with Crippen LogP contribution < -0.4 is 14.8 Å². The Balaban J connectivity index is 1.68. The molecule has 1 amide bonds. The Morgan fingerprint density at radius 3 is 2.75 bits per heavy atom. The van der Waals surface area contributed by atoms with Gasteiger partial charge in [0.1, 0.15) is 5.82 Å². The van der Waals surface area contributed by atoms with Crippen molar-refractivity contribution in [2.75, 3.05) is 13.7 Å². The summed E-state index contributed by atoms with van der Waals surface area (Å²) in [7, 11) is 1.57. The van der Waals surface area contributed by atoms with Gasteiger partial charge in [-0.3, -0.25) is 4.79 Å². The summed E-state index contributed by atoms with van der Waals surface area (Å²) >= 11 is 0. The largest absolute Gasteiger partial charge is 0.493 e. The second-order valence-electron chi connectivity index (χ2n) is 6.08. The Morgan fingerprint density at radius 1 is 1.21 bits per heavy atom. The lowest BCUT2D eigenvalue weighted by Gasteiger charge is -2.11. The SMILES string of the molecule is CCOc1cc(CNC(=O)c2cn(-c3ccc(F)c(C)c3)nn2)ccc1OC. The van der Waals surface area contributed by atoms with Crippen LogP contribution in [-0.4, -0.2) is 34.6 Å². The standard InChI is InChI=1S/C20H21FN4O3/c1-4-28-19-10-14(5-8-18(19)27-3)11-22-20(26)17-12-25(24-23-17)15-6-7-16(21)13(2)9-15/h5-10,12H,4,11H2,1-3H3,(H,22,26). The smallest absolute Gasteiger partial charge is 0.273 e. The van der Waals surface area contributed by atoms with Gasteiger partial charge in [-0.15, -0.1) is 5.10 Å². The average molecular weight is 384 g/mol. The number of methoxy groups -OCH3 is 1. The van der Waals surface area contributed by atoms with Crippen molar-refractivity contribution in [1.29, 1.82) is 0 Å². The van der Waals surface area contributed by atoms with Crippen LogP contribution in [0.1, 0.15) is 28.5 Å². The van der Waals surface area contributed by atoms with E-state index in [1.807, 2.05) is 19.1 Å². The molecule has 8 heteroatoms. The number of hydrogen-bond donors (Lipinski definition) is 1. The fourth-order valence-corrected chi connectivity index (χ4v) is 2.64. The zero-order valence-electron chi connectivity index (χ0n) is 15.9. The molecule has 146 valence electrons. The number of benzene rings is 2. The summed E-state index contributed by atoms with van der Waals surface area (Å²) in [6.45, 7) is 4.36. The van der Waals surface area contributed by atoms with Crippen molar-refractivity contribution in [2.24, 2.45) is 0 Å². The van der Waals surface area contributed by atoms with Crippen molar-refractivity contribution in [3.05, 3.63) is 65.2 Å². The van der Waals surface area contributed by atoms with Crippen LogP contribution in [0.4, 0.5) is 4.39 Å². The number of rotatable bonds is 7. The third-order valence-electron chi connectivity index (χ3n) is 4.11. The molecule has 2 aromatic carbocycles. The monoisotopic (exact) mass is 384 g/mol. The Morgan fingerprint density at radius 2 is 2.04 bits per heavy atom. The van der Waals surface area contributed by atoms with Gasteiger partial charge in [0.05, 0.1) is 25.6 Å². The van der Waals surface area contributed by atoms with E-state index in [4.69, 9.17) is 9.47 Å². The van der Waals surface area contributed by atoms with Crippen LogP contribution in [0.5, 0.6) is 11.5 Å². The summed E-state index contributed by atoms with van der Waals surface area (Å²) in [5, 5.41) is 10.6. The summed E-state index contributed by atoms with van der Waals surface area (Å²) < 4.78 is 25.6. The van der Waals surface area contributed by atoms with E-state index < -0.39 is 0 Å². The van der Waals surface area contributed by atoms with Crippen molar-refractivity contribution in [2.45, 2.75) is 20.4 Å². The maximum Gasteiger partial charge on any atom is 0.273 e. The number of carbonyl (C=O) groups is 1.